The number of nitrogens with one attached hydrogen (secondary N) is 3. The van der Waals surface area contributed by atoms with Gasteiger partial charge in [0.2, 0.25) is 5.91 Å². The number of piperidine rings is 1. The molecule has 2 aromatic rings. The normalized spacial score (nSPS) is 23.3. The molecule has 3 atom stereocenters. The fourth-order valence-electron chi connectivity index (χ4n) is 4.61. The number of anilines is 1. The number of hydrogen-bond donors (Lipinski definition) is 5. The molecule has 0 bridgehead atoms. The molecule has 4 rings (SSSR count). The zero-order valence-corrected chi connectivity index (χ0v) is 20.7. The van der Waals surface area contributed by atoms with Gasteiger partial charge in [-0.05, 0) is 55.3 Å². The van der Waals surface area contributed by atoms with Gasteiger partial charge in [-0.25, -0.2) is 4.39 Å². The lowest BCUT2D eigenvalue weighted by molar-refractivity contribution is -0.131. The van der Waals surface area contributed by atoms with Crippen LogP contribution >= 0.6 is 11.6 Å². The van der Waals surface area contributed by atoms with E-state index in [1.54, 1.807) is 24.3 Å². The summed E-state index contributed by atoms with van der Waals surface area (Å²) in [6, 6.07) is 8.53. The number of hydrogen-bond acceptors (Lipinski definition) is 7. The summed E-state index contributed by atoms with van der Waals surface area (Å²) in [6.07, 6.45) is 2.58. The third-order valence-electron chi connectivity index (χ3n) is 6.54. The Morgan fingerprint density at radius 2 is 2.00 bits per heavy atom. The maximum absolute atomic E-state index is 13.3. The van der Waals surface area contributed by atoms with Crippen molar-refractivity contribution in [3.8, 4) is 0 Å². The van der Waals surface area contributed by atoms with Gasteiger partial charge in [0.05, 0.1) is 23.0 Å². The average Bonchev–Trinajstić information content (AvgIpc) is 3.31. The third kappa shape index (κ3) is 5.74. The highest BCUT2D eigenvalue weighted by Gasteiger charge is 2.52. The van der Waals surface area contributed by atoms with Gasteiger partial charge >= 0.3 is 0 Å². The number of aliphatic hydroxyl groups excluding tert-OH is 1. The number of carbonyl (C=O) groups excluding carboxylic acids is 3. The minimum absolute atomic E-state index is 0.0283. The second-order valence-corrected chi connectivity index (χ2v) is 9.45. The van der Waals surface area contributed by atoms with Gasteiger partial charge in [-0.2, -0.15) is 0 Å². The Balaban J connectivity index is 1.44. The summed E-state index contributed by atoms with van der Waals surface area (Å²) in [6.45, 7) is 2.28. The Labute approximate surface area is 218 Å². The van der Waals surface area contributed by atoms with E-state index in [0.717, 1.165) is 31.5 Å². The summed E-state index contributed by atoms with van der Waals surface area (Å²) in [5, 5.41) is 18.1. The summed E-state index contributed by atoms with van der Waals surface area (Å²) < 4.78 is 13.3. The number of carbonyl (C=O) groups is 3. The van der Waals surface area contributed by atoms with Gasteiger partial charge in [0.15, 0.2) is 11.6 Å². The monoisotopic (exact) mass is 530 g/mol. The molecule has 2 heterocycles. The van der Waals surface area contributed by atoms with E-state index < -0.39 is 35.1 Å². The molecule has 0 aromatic heterocycles. The van der Waals surface area contributed by atoms with E-state index in [1.165, 1.54) is 12.4 Å². The summed E-state index contributed by atoms with van der Waals surface area (Å²) in [5.41, 5.74) is 5.02. The van der Waals surface area contributed by atoms with Crippen molar-refractivity contribution < 1.29 is 23.9 Å². The minimum atomic E-state index is -1.62. The van der Waals surface area contributed by atoms with Crippen molar-refractivity contribution in [2.24, 2.45) is 10.7 Å². The number of β-amino-alcohol motifs (C(OH)–C–C–N with tert-alkyl or cyclic N) is 1. The van der Waals surface area contributed by atoms with Crippen LogP contribution in [-0.2, 0) is 15.1 Å². The third-order valence-corrected chi connectivity index (χ3v) is 6.86. The highest BCUT2D eigenvalue weighted by atomic mass is 35.5. The number of benzene rings is 2. The van der Waals surface area contributed by atoms with Crippen molar-refractivity contribution >= 4 is 41.3 Å². The first-order valence-electron chi connectivity index (χ1n) is 11.8. The van der Waals surface area contributed by atoms with Crippen molar-refractivity contribution in [3.05, 3.63) is 64.4 Å². The molecule has 0 saturated carbocycles. The van der Waals surface area contributed by atoms with Crippen molar-refractivity contribution in [3.63, 3.8) is 0 Å². The highest BCUT2D eigenvalue weighted by Crippen LogP contribution is 2.31. The number of aliphatic hydroxyl groups is 1. The van der Waals surface area contributed by atoms with Gasteiger partial charge in [-0.3, -0.25) is 24.3 Å². The first-order chi connectivity index (χ1) is 17.7. The summed E-state index contributed by atoms with van der Waals surface area (Å²) >= 11 is 5.96. The lowest BCUT2D eigenvalue weighted by atomic mass is 9.82. The number of likely N-dealkylation sites (tertiary alicyclic amines) is 1. The Bertz CT molecular complexity index is 1210. The second kappa shape index (κ2) is 11.2. The van der Waals surface area contributed by atoms with Crippen LogP contribution < -0.4 is 21.7 Å². The maximum Gasteiger partial charge on any atom is 0.257 e. The number of rotatable bonds is 8. The van der Waals surface area contributed by atoms with Gasteiger partial charge in [-0.1, -0.05) is 23.7 Å². The largest absolute Gasteiger partial charge is 0.392 e. The van der Waals surface area contributed by atoms with E-state index in [1.807, 2.05) is 0 Å². The first-order valence-corrected chi connectivity index (χ1v) is 12.2. The van der Waals surface area contributed by atoms with Crippen LogP contribution in [0.1, 0.15) is 28.8 Å². The molecule has 2 aliphatic rings. The summed E-state index contributed by atoms with van der Waals surface area (Å²) in [5.74, 6) is -2.36. The fourth-order valence-corrected chi connectivity index (χ4v) is 4.87. The summed E-state index contributed by atoms with van der Waals surface area (Å²) in [4.78, 5) is 44.5. The topological polar surface area (TPSA) is 149 Å². The molecular weight excluding hydrogens is 503 g/mol. The Kier molecular flexibility index (Phi) is 8.06. The van der Waals surface area contributed by atoms with Crippen molar-refractivity contribution in [2.45, 2.75) is 30.5 Å². The van der Waals surface area contributed by atoms with E-state index >= 15 is 0 Å². The molecule has 2 aliphatic heterocycles. The number of nitrogens with two attached hydrogens (primary N) is 1. The molecule has 1 saturated heterocycles. The molecule has 6 N–H and O–H groups in total. The molecular formula is C25H28ClFN6O4. The van der Waals surface area contributed by atoms with Gasteiger partial charge in [0.1, 0.15) is 5.82 Å². The molecule has 3 amide bonds. The van der Waals surface area contributed by atoms with Crippen molar-refractivity contribution in [2.75, 3.05) is 31.5 Å². The number of nitrogens with zero attached hydrogens (tertiary/aromatic N) is 2. The number of aliphatic imine (C=N–C) groups is 1. The van der Waals surface area contributed by atoms with Crippen LogP contribution in [0, 0.1) is 5.82 Å². The maximum atomic E-state index is 13.3. The first kappa shape index (κ1) is 26.5. The predicted molar refractivity (Wildman–Crippen MR) is 137 cm³/mol. The van der Waals surface area contributed by atoms with Crippen LogP contribution in [-0.4, -0.2) is 72.4 Å². The van der Waals surface area contributed by atoms with E-state index in [0.29, 0.717) is 30.9 Å². The van der Waals surface area contributed by atoms with Crippen molar-refractivity contribution in [1.82, 2.24) is 15.5 Å². The molecule has 37 heavy (non-hydrogen) atoms. The average molecular weight is 531 g/mol. The van der Waals surface area contributed by atoms with Gasteiger partial charge < -0.3 is 26.8 Å². The molecule has 0 aliphatic carbocycles. The Morgan fingerprint density at radius 1 is 1.24 bits per heavy atom. The molecule has 10 nitrogen and oxygen atoms in total. The standard InChI is InChI=1S/C25H28ClFN6O4/c26-20-12-16(27)5-8-19(20)22(35)32-17-6-3-15(4-7-17)25(24(28)37)21(30-14-31-25)23(36)29-9-11-33-10-1-2-18(34)13-33/h3-8,12,14,18,21,34H,1-2,9-11,13H2,(H2,28,37)(H,29,36)(H,30,31)(H,32,35)/t18-,21?,25?/m0/s1. The Hall–Kier alpha value is -3.54. The highest BCUT2D eigenvalue weighted by molar-refractivity contribution is 6.34. The fraction of sp³-hybridized carbons (Fsp3) is 0.360. The van der Waals surface area contributed by atoms with E-state index in [9.17, 15) is 23.9 Å². The molecule has 196 valence electrons. The molecule has 2 unspecified atom stereocenters. The van der Waals surface area contributed by atoms with E-state index in [4.69, 9.17) is 17.3 Å². The van der Waals surface area contributed by atoms with Crippen LogP contribution in [0.5, 0.6) is 0 Å². The van der Waals surface area contributed by atoms with Gasteiger partial charge in [-0.15, -0.1) is 0 Å². The molecule has 0 spiro atoms. The smallest absolute Gasteiger partial charge is 0.257 e. The second-order valence-electron chi connectivity index (χ2n) is 9.04. The predicted octanol–water partition coefficient (Wildman–Crippen LogP) is 0.985. The molecule has 0 radical (unpaired) electrons. The zero-order chi connectivity index (χ0) is 26.6. The Morgan fingerprint density at radius 3 is 2.68 bits per heavy atom. The summed E-state index contributed by atoms with van der Waals surface area (Å²) in [7, 11) is 0. The number of primary amides is 1. The number of amides is 3. The van der Waals surface area contributed by atoms with E-state index in [-0.39, 0.29) is 16.7 Å². The molecule has 2 aromatic carbocycles. The van der Waals surface area contributed by atoms with Crippen LogP contribution in [0.15, 0.2) is 47.5 Å². The van der Waals surface area contributed by atoms with Crippen LogP contribution in [0.4, 0.5) is 10.1 Å². The minimum Gasteiger partial charge on any atom is -0.392 e. The SMILES string of the molecule is NC(=O)C1(c2ccc(NC(=O)c3ccc(F)cc3Cl)cc2)NC=NC1C(=O)NCCN1CCC[C@H](O)C1. The molecule has 12 heteroatoms. The van der Waals surface area contributed by atoms with Crippen molar-refractivity contribution in [1.29, 1.82) is 0 Å². The lowest BCUT2D eigenvalue weighted by Crippen LogP contribution is -2.60. The van der Waals surface area contributed by atoms with Crippen LogP contribution in [0.25, 0.3) is 0 Å². The van der Waals surface area contributed by atoms with Gasteiger partial charge in [0, 0.05) is 25.3 Å². The lowest BCUT2D eigenvalue weighted by Gasteiger charge is -2.32. The molecule has 1 fully saturated rings. The van der Waals surface area contributed by atoms with E-state index in [2.05, 4.69) is 25.8 Å². The van der Waals surface area contributed by atoms with Gasteiger partial charge in [0.25, 0.3) is 11.8 Å². The quantitative estimate of drug-likeness (QED) is 0.343. The van der Waals surface area contributed by atoms with Crippen LogP contribution in [0.2, 0.25) is 5.02 Å². The van der Waals surface area contributed by atoms with Crippen LogP contribution in [0.3, 0.4) is 0 Å². The number of halogens is 2. The zero-order valence-electron chi connectivity index (χ0n) is 19.9.